The van der Waals surface area contributed by atoms with Gasteiger partial charge in [0.2, 0.25) is 0 Å². The van der Waals surface area contributed by atoms with Crippen LogP contribution in [0.25, 0.3) is 55.2 Å². The first-order valence-corrected chi connectivity index (χ1v) is 23.3. The summed E-state index contributed by atoms with van der Waals surface area (Å²) in [7, 11) is 0. The molecule has 0 atom stereocenters. The van der Waals surface area contributed by atoms with Crippen LogP contribution in [0.5, 0.6) is 0 Å². The summed E-state index contributed by atoms with van der Waals surface area (Å²) < 4.78 is 18.1. The minimum atomic E-state index is -1.93. The van der Waals surface area contributed by atoms with Crippen LogP contribution in [0.4, 0.5) is 0 Å². The van der Waals surface area contributed by atoms with Crippen molar-refractivity contribution in [1.82, 2.24) is 9.97 Å². The number of nitrogens with zero attached hydrogens (tertiary/aromatic N) is 2. The van der Waals surface area contributed by atoms with Crippen molar-refractivity contribution >= 4 is 39.2 Å². The largest absolute Gasteiger partial charge is 0.305 e. The Balaban J connectivity index is 0.000000189. The van der Waals surface area contributed by atoms with Gasteiger partial charge >= 0.3 is 161 Å². The Morgan fingerprint density at radius 1 is 0.702 bits per heavy atom. The fourth-order valence-electron chi connectivity index (χ4n) is 5.80. The molecule has 0 aliphatic carbocycles. The molecule has 0 bridgehead atoms. The topological polar surface area (TPSA) is 25.8 Å². The summed E-state index contributed by atoms with van der Waals surface area (Å²) in [6.07, 6.45) is 5.01. The van der Waals surface area contributed by atoms with Crippen LogP contribution in [0.3, 0.4) is 0 Å². The van der Waals surface area contributed by atoms with Crippen LogP contribution in [0, 0.1) is 18.1 Å². The number of pyridine rings is 2. The molecule has 47 heavy (non-hydrogen) atoms. The van der Waals surface area contributed by atoms with E-state index >= 15 is 0 Å². The van der Waals surface area contributed by atoms with Gasteiger partial charge in [-0.1, -0.05) is 59.3 Å². The Labute approximate surface area is 298 Å². The standard InChI is InChI=1S/C24H28GeN.C19H12N.Ir/c1-18(2)14-22-16-24(26-17-23(22)25(3,4)5)21-13-9-12-20(15-21)19-10-7-6-8-11-19;1-2-6-17-14(5-1)8-9-15-13-16(10-11-18(15)17)19-7-3-4-12-20-19;/h6-12,15-18H,14H2,1-5H3;1-9,11-13H;/q2*-1;/i;8D,9D;. The van der Waals surface area contributed by atoms with Gasteiger partial charge < -0.3 is 4.98 Å². The van der Waals surface area contributed by atoms with Crippen LogP contribution in [-0.4, -0.2) is 23.2 Å². The Morgan fingerprint density at radius 2 is 1.43 bits per heavy atom. The summed E-state index contributed by atoms with van der Waals surface area (Å²) in [6, 6.07) is 43.6. The van der Waals surface area contributed by atoms with Gasteiger partial charge in [-0.15, -0.1) is 29.1 Å². The van der Waals surface area contributed by atoms with E-state index in [0.29, 0.717) is 5.92 Å². The van der Waals surface area contributed by atoms with E-state index in [1.165, 1.54) is 21.1 Å². The molecule has 0 amide bonds. The van der Waals surface area contributed by atoms with E-state index in [2.05, 4.69) is 103 Å². The first-order valence-electron chi connectivity index (χ1n) is 16.9. The zero-order valence-electron chi connectivity index (χ0n) is 29.6. The molecular weight excluding hydrogens is 809 g/mol. The van der Waals surface area contributed by atoms with E-state index in [9.17, 15) is 0 Å². The second-order valence-electron chi connectivity index (χ2n) is 13.1. The summed E-state index contributed by atoms with van der Waals surface area (Å²) in [6.45, 7) is 4.59. The summed E-state index contributed by atoms with van der Waals surface area (Å²) in [5.74, 6) is 7.99. The summed E-state index contributed by atoms with van der Waals surface area (Å²) in [5.41, 5.74) is 7.70. The third-order valence-corrected chi connectivity index (χ3v) is 12.4. The van der Waals surface area contributed by atoms with Crippen LogP contribution in [0.15, 0.2) is 134 Å². The van der Waals surface area contributed by atoms with Crippen molar-refractivity contribution < 1.29 is 22.8 Å². The Hall–Kier alpha value is -3.89. The molecule has 0 unspecified atom stereocenters. The molecule has 7 rings (SSSR count). The third kappa shape index (κ3) is 8.34. The monoisotopic (exact) mass is 853 g/mol. The Bertz CT molecular complexity index is 2200. The molecule has 0 spiro atoms. The molecule has 2 aromatic heterocycles. The van der Waals surface area contributed by atoms with E-state index in [-0.39, 0.29) is 32.2 Å². The summed E-state index contributed by atoms with van der Waals surface area (Å²) in [4.78, 5) is 9.16. The van der Waals surface area contributed by atoms with Gasteiger partial charge in [0.15, 0.2) is 0 Å². The van der Waals surface area contributed by atoms with Crippen molar-refractivity contribution in [3.63, 3.8) is 0 Å². The number of benzene rings is 5. The smallest absolute Gasteiger partial charge is 0.0629 e. The van der Waals surface area contributed by atoms with Gasteiger partial charge in [-0.05, 0) is 17.1 Å². The second kappa shape index (κ2) is 15.3. The minimum Gasteiger partial charge on any atom is -0.305 e. The van der Waals surface area contributed by atoms with E-state index in [0.717, 1.165) is 50.5 Å². The van der Waals surface area contributed by atoms with Crippen LogP contribution in [0.1, 0.15) is 22.2 Å². The van der Waals surface area contributed by atoms with Crippen molar-refractivity contribution in [3.05, 3.63) is 151 Å². The van der Waals surface area contributed by atoms with Crippen LogP contribution < -0.4 is 4.40 Å². The van der Waals surface area contributed by atoms with E-state index in [1.54, 1.807) is 6.20 Å². The molecule has 2 nitrogen and oxygen atoms in total. The van der Waals surface area contributed by atoms with E-state index < -0.39 is 13.3 Å². The molecule has 4 heteroatoms. The van der Waals surface area contributed by atoms with Crippen molar-refractivity contribution in [2.24, 2.45) is 5.92 Å². The first kappa shape index (κ1) is 31.7. The van der Waals surface area contributed by atoms with Crippen LogP contribution in [-0.2, 0) is 26.5 Å². The third-order valence-electron chi connectivity index (χ3n) is 8.05. The van der Waals surface area contributed by atoms with Crippen LogP contribution >= 0.6 is 0 Å². The molecule has 1 radical (unpaired) electrons. The van der Waals surface area contributed by atoms with Crippen LogP contribution in [0.2, 0.25) is 17.3 Å². The van der Waals surface area contributed by atoms with Gasteiger partial charge in [0.05, 0.1) is 2.74 Å². The second-order valence-corrected chi connectivity index (χ2v) is 23.7. The average Bonchev–Trinajstić information content (AvgIpc) is 3.11. The number of hydrogen-bond acceptors (Lipinski definition) is 2. The predicted octanol–water partition coefficient (Wildman–Crippen LogP) is 10.8. The quantitative estimate of drug-likeness (QED) is 0.0946. The number of hydrogen-bond donors (Lipinski definition) is 0. The van der Waals surface area contributed by atoms with Gasteiger partial charge in [-0.2, -0.15) is 0 Å². The molecule has 237 valence electrons. The molecule has 2 heterocycles. The van der Waals surface area contributed by atoms with Gasteiger partial charge in [0.1, 0.15) is 0 Å². The van der Waals surface area contributed by atoms with Crippen molar-refractivity contribution in [1.29, 1.82) is 0 Å². The SMILES string of the molecule is CC(C)Cc1cc(-c2[c-]ccc(-c3ccccc3)c2)nc[c]1[Ge]([CH3])([CH3])[CH3].[2H]c1c([2H])c2ccccc2c2c[c-]c(-c3ccccn3)cc12.[Ir]. The number of rotatable bonds is 6. The van der Waals surface area contributed by atoms with Gasteiger partial charge in [-0.25, -0.2) is 0 Å². The summed E-state index contributed by atoms with van der Waals surface area (Å²) in [5, 5.41) is 3.51. The van der Waals surface area contributed by atoms with Gasteiger partial charge in [-0.3, -0.25) is 0 Å². The molecule has 0 saturated heterocycles. The molecule has 0 fully saturated rings. The molecule has 0 aliphatic heterocycles. The fraction of sp³-hybridized carbons (Fsp3) is 0.163. The molecule has 0 saturated carbocycles. The maximum Gasteiger partial charge on any atom is 0.0629 e. The average molecular weight is 852 g/mol. The number of fused-ring (bicyclic) bond motifs is 3. The Morgan fingerprint density at radius 3 is 2.17 bits per heavy atom. The molecule has 7 aromatic rings. The molecular formula is C43H40GeIrN2-2. The summed E-state index contributed by atoms with van der Waals surface area (Å²) >= 11 is -1.93. The molecule has 5 aromatic carbocycles. The predicted molar refractivity (Wildman–Crippen MR) is 199 cm³/mol. The van der Waals surface area contributed by atoms with Crippen molar-refractivity contribution in [3.8, 4) is 33.6 Å². The minimum absolute atomic E-state index is 0. The van der Waals surface area contributed by atoms with Gasteiger partial charge in [0, 0.05) is 26.3 Å². The fourth-order valence-corrected chi connectivity index (χ4v) is 9.14. The zero-order chi connectivity index (χ0) is 33.8. The maximum atomic E-state index is 8.31. The zero-order valence-corrected chi connectivity index (χ0v) is 32.1. The van der Waals surface area contributed by atoms with E-state index in [1.807, 2.05) is 60.7 Å². The molecule has 0 aliphatic rings. The number of aromatic nitrogens is 2. The molecule has 0 N–H and O–H groups in total. The maximum absolute atomic E-state index is 8.31. The Kier molecular flexibility index (Phi) is 10.3. The first-order chi connectivity index (χ1) is 23.1. The van der Waals surface area contributed by atoms with Crippen molar-refractivity contribution in [2.45, 2.75) is 37.5 Å². The van der Waals surface area contributed by atoms with E-state index in [4.69, 9.17) is 7.73 Å². The van der Waals surface area contributed by atoms with Gasteiger partial charge in [0.25, 0.3) is 0 Å². The normalized spacial score (nSPS) is 11.8. The van der Waals surface area contributed by atoms with Crippen molar-refractivity contribution in [2.75, 3.05) is 0 Å².